The number of aromatic nitrogens is 1. The fourth-order valence-corrected chi connectivity index (χ4v) is 5.55. The van der Waals surface area contributed by atoms with Crippen molar-refractivity contribution >= 4 is 16.8 Å². The van der Waals surface area contributed by atoms with Gasteiger partial charge in [0.1, 0.15) is 0 Å². The van der Waals surface area contributed by atoms with Crippen LogP contribution in [0.5, 0.6) is 11.5 Å². The number of ether oxygens (including phenoxy) is 3. The summed E-state index contributed by atoms with van der Waals surface area (Å²) < 4.78 is 16.8. The fraction of sp³-hybridized carbons (Fsp3) is 0.500. The van der Waals surface area contributed by atoms with E-state index in [4.69, 9.17) is 20.1 Å². The molecule has 0 aliphatic carbocycles. The standard InChI is InChI=1S/C22H28N4O4/c1-11-15-9-26-5-4-12-14-7-19(28-2)20(29-3)8-17(14)24-21(12)18(26)6-13(15)16(10-30-11)22(27)25-23/h7-8,10-11,13,15,18,24H,4-6,9,23H2,1-3H3,(H,25,27)/t11-,13-,15-,18+/m0/s1. The molecular weight excluding hydrogens is 384 g/mol. The molecule has 8 nitrogen and oxygen atoms in total. The Morgan fingerprint density at radius 2 is 2.07 bits per heavy atom. The van der Waals surface area contributed by atoms with Crippen molar-refractivity contribution in [1.82, 2.24) is 15.3 Å². The largest absolute Gasteiger partial charge is 0.497 e. The monoisotopic (exact) mass is 412 g/mol. The van der Waals surface area contributed by atoms with Crippen LogP contribution in [0.3, 0.4) is 0 Å². The van der Waals surface area contributed by atoms with E-state index in [1.807, 2.05) is 6.07 Å². The summed E-state index contributed by atoms with van der Waals surface area (Å²) in [5, 5.41) is 1.18. The number of nitrogens with two attached hydrogens (primary N) is 1. The van der Waals surface area contributed by atoms with E-state index in [1.165, 1.54) is 16.6 Å². The van der Waals surface area contributed by atoms with E-state index in [0.29, 0.717) is 11.3 Å². The number of carbonyl (C=O) groups excluding carboxylic acids is 1. The number of piperidine rings is 1. The molecule has 1 amide bonds. The summed E-state index contributed by atoms with van der Waals surface area (Å²) in [5.41, 5.74) is 6.55. The maximum atomic E-state index is 12.4. The maximum Gasteiger partial charge on any atom is 0.264 e. The van der Waals surface area contributed by atoms with Gasteiger partial charge in [-0.3, -0.25) is 15.1 Å². The number of hydrazine groups is 1. The molecule has 1 fully saturated rings. The number of nitrogens with one attached hydrogen (secondary N) is 2. The number of amides is 1. The van der Waals surface area contributed by atoms with Gasteiger partial charge in [-0.1, -0.05) is 0 Å². The first kappa shape index (κ1) is 19.3. The zero-order chi connectivity index (χ0) is 21.0. The Balaban J connectivity index is 1.56. The summed E-state index contributed by atoms with van der Waals surface area (Å²) in [6, 6.07) is 4.29. The molecule has 5 rings (SSSR count). The maximum absolute atomic E-state index is 12.4. The van der Waals surface area contributed by atoms with Gasteiger partial charge in [0.2, 0.25) is 0 Å². The van der Waals surface area contributed by atoms with Crippen molar-refractivity contribution in [3.63, 3.8) is 0 Å². The van der Waals surface area contributed by atoms with Crippen LogP contribution in [0, 0.1) is 11.8 Å². The Hall–Kier alpha value is -2.71. The second kappa shape index (κ2) is 7.21. The van der Waals surface area contributed by atoms with E-state index < -0.39 is 0 Å². The number of hydrogen-bond acceptors (Lipinski definition) is 6. The van der Waals surface area contributed by atoms with Crippen LogP contribution in [0.1, 0.15) is 30.6 Å². The van der Waals surface area contributed by atoms with Gasteiger partial charge in [-0.2, -0.15) is 0 Å². The van der Waals surface area contributed by atoms with E-state index in [-0.39, 0.29) is 29.9 Å². The van der Waals surface area contributed by atoms with Crippen LogP contribution in [0.25, 0.3) is 10.9 Å². The number of carbonyl (C=O) groups is 1. The van der Waals surface area contributed by atoms with E-state index in [0.717, 1.165) is 37.2 Å². The van der Waals surface area contributed by atoms with Gasteiger partial charge >= 0.3 is 0 Å². The molecule has 0 unspecified atom stereocenters. The number of nitrogens with zero attached hydrogens (tertiary/aromatic N) is 1. The second-order valence-corrected chi connectivity index (χ2v) is 8.42. The molecular formula is C22H28N4O4. The summed E-state index contributed by atoms with van der Waals surface area (Å²) in [4.78, 5) is 18.6. The Kier molecular flexibility index (Phi) is 4.63. The van der Waals surface area contributed by atoms with Gasteiger partial charge in [-0.15, -0.1) is 0 Å². The van der Waals surface area contributed by atoms with Crippen molar-refractivity contribution in [3.8, 4) is 11.5 Å². The summed E-state index contributed by atoms with van der Waals surface area (Å²) in [6.07, 6.45) is 3.50. The van der Waals surface area contributed by atoms with Crippen molar-refractivity contribution in [3.05, 3.63) is 35.2 Å². The number of H-pyrrole nitrogens is 1. The molecule has 30 heavy (non-hydrogen) atoms. The zero-order valence-electron chi connectivity index (χ0n) is 17.5. The predicted octanol–water partition coefficient (Wildman–Crippen LogP) is 2.01. The van der Waals surface area contributed by atoms with Crippen molar-refractivity contribution < 1.29 is 19.0 Å². The van der Waals surface area contributed by atoms with Gasteiger partial charge in [0.05, 0.1) is 38.2 Å². The van der Waals surface area contributed by atoms with Gasteiger partial charge in [0.25, 0.3) is 5.91 Å². The molecule has 2 aromatic rings. The molecule has 0 spiro atoms. The second-order valence-electron chi connectivity index (χ2n) is 8.42. The number of methoxy groups -OCH3 is 2. The van der Waals surface area contributed by atoms with Crippen molar-refractivity contribution in [1.29, 1.82) is 0 Å². The van der Waals surface area contributed by atoms with Gasteiger partial charge in [-0.05, 0) is 31.4 Å². The van der Waals surface area contributed by atoms with Gasteiger partial charge in [-0.25, -0.2) is 5.84 Å². The minimum absolute atomic E-state index is 0.0721. The lowest BCUT2D eigenvalue weighted by Gasteiger charge is -2.49. The number of aromatic amines is 1. The molecule has 0 saturated carbocycles. The van der Waals surface area contributed by atoms with Crippen molar-refractivity contribution in [2.75, 3.05) is 27.3 Å². The first-order valence-electron chi connectivity index (χ1n) is 10.4. The highest BCUT2D eigenvalue weighted by atomic mass is 16.5. The topological polar surface area (TPSA) is 102 Å². The molecule has 160 valence electrons. The van der Waals surface area contributed by atoms with E-state index in [9.17, 15) is 4.79 Å². The Morgan fingerprint density at radius 3 is 2.80 bits per heavy atom. The molecule has 4 atom stereocenters. The third-order valence-electron chi connectivity index (χ3n) is 7.11. The zero-order valence-corrected chi connectivity index (χ0v) is 17.5. The third-order valence-corrected chi connectivity index (χ3v) is 7.11. The summed E-state index contributed by atoms with van der Waals surface area (Å²) >= 11 is 0. The number of rotatable bonds is 3. The van der Waals surface area contributed by atoms with E-state index in [2.05, 4.69) is 28.3 Å². The molecule has 1 aromatic carbocycles. The van der Waals surface area contributed by atoms with Crippen LogP contribution in [0.2, 0.25) is 0 Å². The average molecular weight is 412 g/mol. The van der Waals surface area contributed by atoms with Crippen molar-refractivity contribution in [2.45, 2.75) is 31.9 Å². The SMILES string of the molecule is COc1cc2[nH]c3c(c2cc1OC)CCN1C[C@H]2[C@H](C)OC=C(C(=O)NN)[C@H]2C[C@H]31. The summed E-state index contributed by atoms with van der Waals surface area (Å²) in [5.74, 6) is 7.01. The minimum atomic E-state index is -0.257. The molecule has 1 aromatic heterocycles. The lowest BCUT2D eigenvalue weighted by atomic mass is 9.72. The highest BCUT2D eigenvalue weighted by molar-refractivity contribution is 5.93. The number of hydrogen-bond donors (Lipinski definition) is 3. The van der Waals surface area contributed by atoms with Crippen LogP contribution >= 0.6 is 0 Å². The van der Waals surface area contributed by atoms with Crippen LogP contribution in [-0.4, -0.2) is 49.2 Å². The van der Waals surface area contributed by atoms with Gasteiger partial charge in [0, 0.05) is 47.6 Å². The summed E-state index contributed by atoms with van der Waals surface area (Å²) in [6.45, 7) is 3.96. The lowest BCUT2D eigenvalue weighted by Crippen LogP contribution is -2.52. The van der Waals surface area contributed by atoms with Gasteiger partial charge in [0.15, 0.2) is 11.5 Å². The highest BCUT2D eigenvalue weighted by Gasteiger charge is 2.46. The minimum Gasteiger partial charge on any atom is -0.497 e. The Morgan fingerprint density at radius 1 is 1.30 bits per heavy atom. The van der Waals surface area contributed by atoms with Crippen LogP contribution in [0.4, 0.5) is 0 Å². The first-order valence-corrected chi connectivity index (χ1v) is 10.4. The molecule has 0 bridgehead atoms. The number of fused-ring (bicyclic) bond motifs is 6. The van der Waals surface area contributed by atoms with Crippen LogP contribution in [0.15, 0.2) is 24.0 Å². The smallest absolute Gasteiger partial charge is 0.264 e. The molecule has 4 heterocycles. The van der Waals surface area contributed by atoms with Gasteiger partial charge < -0.3 is 19.2 Å². The highest BCUT2D eigenvalue weighted by Crippen LogP contribution is 2.48. The van der Waals surface area contributed by atoms with Crippen LogP contribution < -0.4 is 20.7 Å². The third kappa shape index (κ3) is 2.78. The Bertz CT molecular complexity index is 1030. The molecule has 1 saturated heterocycles. The predicted molar refractivity (Wildman–Crippen MR) is 112 cm³/mol. The molecule has 3 aliphatic rings. The first-order chi connectivity index (χ1) is 14.5. The van der Waals surface area contributed by atoms with E-state index >= 15 is 0 Å². The summed E-state index contributed by atoms with van der Waals surface area (Å²) in [7, 11) is 3.31. The molecule has 8 heteroatoms. The molecule has 3 aliphatic heterocycles. The molecule has 0 radical (unpaired) electrons. The lowest BCUT2D eigenvalue weighted by molar-refractivity contribution is -0.120. The van der Waals surface area contributed by atoms with Crippen molar-refractivity contribution in [2.24, 2.45) is 17.7 Å². The number of benzene rings is 1. The van der Waals surface area contributed by atoms with Crippen LogP contribution in [-0.2, 0) is 16.0 Å². The normalized spacial score (nSPS) is 27.9. The van der Waals surface area contributed by atoms with E-state index in [1.54, 1.807) is 20.5 Å². The quantitative estimate of drug-likeness (QED) is 0.405. The Labute approximate surface area is 175 Å². The fourth-order valence-electron chi connectivity index (χ4n) is 5.55. The molecule has 4 N–H and O–H groups in total. The average Bonchev–Trinajstić information content (AvgIpc) is 3.14.